The Morgan fingerprint density at radius 2 is 2.09 bits per heavy atom. The van der Waals surface area contributed by atoms with Gasteiger partial charge < -0.3 is 15.0 Å². The number of likely N-dealkylation sites (tertiary alicyclic amines) is 1. The first kappa shape index (κ1) is 16.8. The summed E-state index contributed by atoms with van der Waals surface area (Å²) < 4.78 is 5.72. The van der Waals surface area contributed by atoms with E-state index in [1.54, 1.807) is 0 Å². The van der Waals surface area contributed by atoms with Crippen molar-refractivity contribution in [2.24, 2.45) is 11.8 Å². The van der Waals surface area contributed by atoms with Gasteiger partial charge in [0.2, 0.25) is 0 Å². The van der Waals surface area contributed by atoms with E-state index in [0.29, 0.717) is 18.4 Å². The lowest BCUT2D eigenvalue weighted by Crippen LogP contribution is -2.40. The lowest BCUT2D eigenvalue weighted by atomic mass is 9.96. The number of benzene rings is 1. The topological polar surface area (TPSA) is 41.6 Å². The molecular formula is C18H28N2O2. The van der Waals surface area contributed by atoms with Gasteiger partial charge in [0.25, 0.3) is 5.91 Å². The summed E-state index contributed by atoms with van der Waals surface area (Å²) >= 11 is 0. The second-order valence-electron chi connectivity index (χ2n) is 6.53. The number of hydrogen-bond donors (Lipinski definition) is 1. The number of amides is 1. The van der Waals surface area contributed by atoms with Gasteiger partial charge in [-0.3, -0.25) is 4.79 Å². The Morgan fingerprint density at radius 1 is 1.36 bits per heavy atom. The molecule has 0 spiro atoms. The molecule has 1 aromatic rings. The van der Waals surface area contributed by atoms with Crippen LogP contribution in [0.4, 0.5) is 0 Å². The second-order valence-corrected chi connectivity index (χ2v) is 6.53. The molecule has 1 fully saturated rings. The zero-order valence-corrected chi connectivity index (χ0v) is 14.0. The highest BCUT2D eigenvalue weighted by atomic mass is 16.5. The molecule has 1 amide bonds. The lowest BCUT2D eigenvalue weighted by molar-refractivity contribution is 0.0690. The Labute approximate surface area is 133 Å². The predicted octanol–water partition coefficient (Wildman–Crippen LogP) is 2.79. The van der Waals surface area contributed by atoms with Gasteiger partial charge in [-0.25, -0.2) is 0 Å². The molecule has 0 aliphatic carbocycles. The normalized spacial score (nSPS) is 16.1. The molecule has 122 valence electrons. The van der Waals surface area contributed by atoms with Crippen molar-refractivity contribution in [3.63, 3.8) is 0 Å². The number of carbonyl (C=O) groups excluding carboxylic acids is 1. The maximum Gasteiger partial charge on any atom is 0.253 e. The SMILES string of the molecule is CNCC1CCN(C(=O)c2cccc(OCC(C)C)c2)CC1. The molecule has 1 aromatic carbocycles. The molecular weight excluding hydrogens is 276 g/mol. The highest BCUT2D eigenvalue weighted by molar-refractivity contribution is 5.94. The van der Waals surface area contributed by atoms with Gasteiger partial charge in [-0.15, -0.1) is 0 Å². The molecule has 0 unspecified atom stereocenters. The van der Waals surface area contributed by atoms with Crippen LogP contribution in [0, 0.1) is 11.8 Å². The van der Waals surface area contributed by atoms with Crippen LogP contribution in [0.1, 0.15) is 37.0 Å². The lowest BCUT2D eigenvalue weighted by Gasteiger charge is -2.32. The highest BCUT2D eigenvalue weighted by Gasteiger charge is 2.23. The van der Waals surface area contributed by atoms with E-state index in [0.717, 1.165) is 43.8 Å². The van der Waals surface area contributed by atoms with Crippen LogP contribution in [-0.4, -0.2) is 44.1 Å². The van der Waals surface area contributed by atoms with Crippen LogP contribution in [0.25, 0.3) is 0 Å². The van der Waals surface area contributed by atoms with Crippen molar-refractivity contribution in [3.8, 4) is 5.75 Å². The van der Waals surface area contributed by atoms with E-state index in [9.17, 15) is 4.79 Å². The third-order valence-electron chi connectivity index (χ3n) is 4.06. The Balaban J connectivity index is 1.94. The molecule has 1 N–H and O–H groups in total. The minimum Gasteiger partial charge on any atom is -0.493 e. The first-order valence-electron chi connectivity index (χ1n) is 8.27. The van der Waals surface area contributed by atoms with E-state index < -0.39 is 0 Å². The van der Waals surface area contributed by atoms with Crippen LogP contribution < -0.4 is 10.1 Å². The van der Waals surface area contributed by atoms with Crippen molar-refractivity contribution in [1.82, 2.24) is 10.2 Å². The van der Waals surface area contributed by atoms with E-state index >= 15 is 0 Å². The summed E-state index contributed by atoms with van der Waals surface area (Å²) in [5, 5.41) is 3.22. The van der Waals surface area contributed by atoms with Crippen LogP contribution in [0.2, 0.25) is 0 Å². The molecule has 4 nitrogen and oxygen atoms in total. The number of nitrogens with one attached hydrogen (secondary N) is 1. The van der Waals surface area contributed by atoms with Gasteiger partial charge in [-0.2, -0.15) is 0 Å². The molecule has 1 heterocycles. The molecule has 1 aliphatic heterocycles. The smallest absolute Gasteiger partial charge is 0.253 e. The van der Waals surface area contributed by atoms with Crippen LogP contribution >= 0.6 is 0 Å². The fraction of sp³-hybridized carbons (Fsp3) is 0.611. The number of nitrogens with zero attached hydrogens (tertiary/aromatic N) is 1. The van der Waals surface area contributed by atoms with Gasteiger partial charge in [0.1, 0.15) is 5.75 Å². The van der Waals surface area contributed by atoms with Gasteiger partial charge in [0, 0.05) is 18.7 Å². The first-order chi connectivity index (χ1) is 10.6. The van der Waals surface area contributed by atoms with Crippen molar-refractivity contribution >= 4 is 5.91 Å². The van der Waals surface area contributed by atoms with E-state index in [1.165, 1.54) is 0 Å². The molecule has 2 rings (SSSR count). The number of piperidine rings is 1. The summed E-state index contributed by atoms with van der Waals surface area (Å²) in [5.74, 6) is 2.07. The molecule has 1 aliphatic rings. The van der Waals surface area contributed by atoms with E-state index in [-0.39, 0.29) is 5.91 Å². The molecule has 1 saturated heterocycles. The summed E-state index contributed by atoms with van der Waals surface area (Å²) in [6, 6.07) is 7.56. The summed E-state index contributed by atoms with van der Waals surface area (Å²) in [7, 11) is 1.99. The molecule has 0 radical (unpaired) electrons. The van der Waals surface area contributed by atoms with Crippen LogP contribution in [-0.2, 0) is 0 Å². The van der Waals surface area contributed by atoms with E-state index in [4.69, 9.17) is 4.74 Å². The van der Waals surface area contributed by atoms with Crippen molar-refractivity contribution < 1.29 is 9.53 Å². The zero-order chi connectivity index (χ0) is 15.9. The number of hydrogen-bond acceptors (Lipinski definition) is 3. The minimum atomic E-state index is 0.123. The summed E-state index contributed by atoms with van der Waals surface area (Å²) in [6.07, 6.45) is 2.16. The molecule has 0 atom stereocenters. The van der Waals surface area contributed by atoms with Crippen molar-refractivity contribution in [2.75, 3.05) is 33.3 Å². The summed E-state index contributed by atoms with van der Waals surface area (Å²) in [5.41, 5.74) is 0.730. The van der Waals surface area contributed by atoms with Gasteiger partial charge in [0.15, 0.2) is 0 Å². The minimum absolute atomic E-state index is 0.123. The fourth-order valence-electron chi connectivity index (χ4n) is 2.79. The van der Waals surface area contributed by atoms with Crippen molar-refractivity contribution in [2.45, 2.75) is 26.7 Å². The summed E-state index contributed by atoms with van der Waals surface area (Å²) in [4.78, 5) is 14.6. The quantitative estimate of drug-likeness (QED) is 0.878. The molecule has 22 heavy (non-hydrogen) atoms. The zero-order valence-electron chi connectivity index (χ0n) is 14.0. The summed E-state index contributed by atoms with van der Waals surface area (Å²) in [6.45, 7) is 7.65. The number of rotatable bonds is 6. The third kappa shape index (κ3) is 4.73. The third-order valence-corrected chi connectivity index (χ3v) is 4.06. The second kappa shape index (κ2) is 8.18. The van der Waals surface area contributed by atoms with Crippen LogP contribution in [0.15, 0.2) is 24.3 Å². The molecule has 0 aromatic heterocycles. The van der Waals surface area contributed by atoms with Gasteiger partial charge in [0.05, 0.1) is 6.61 Å². The Morgan fingerprint density at radius 3 is 2.73 bits per heavy atom. The fourth-order valence-corrected chi connectivity index (χ4v) is 2.79. The Kier molecular flexibility index (Phi) is 6.25. The Bertz CT molecular complexity index is 480. The average molecular weight is 304 g/mol. The average Bonchev–Trinajstić information content (AvgIpc) is 2.53. The van der Waals surface area contributed by atoms with Crippen LogP contribution in [0.3, 0.4) is 0 Å². The highest BCUT2D eigenvalue weighted by Crippen LogP contribution is 2.20. The van der Waals surface area contributed by atoms with Gasteiger partial charge >= 0.3 is 0 Å². The number of ether oxygens (including phenoxy) is 1. The Hall–Kier alpha value is -1.55. The largest absolute Gasteiger partial charge is 0.493 e. The van der Waals surface area contributed by atoms with Crippen LogP contribution in [0.5, 0.6) is 5.75 Å². The van der Waals surface area contributed by atoms with E-state index in [2.05, 4.69) is 19.2 Å². The monoisotopic (exact) mass is 304 g/mol. The predicted molar refractivity (Wildman–Crippen MR) is 89.3 cm³/mol. The van der Waals surface area contributed by atoms with Gasteiger partial charge in [-0.05, 0) is 56.5 Å². The standard InChI is InChI=1S/C18H28N2O2/c1-14(2)13-22-17-6-4-5-16(11-17)18(21)20-9-7-15(8-10-20)12-19-3/h4-6,11,14-15,19H,7-10,12-13H2,1-3H3. The maximum atomic E-state index is 12.6. The van der Waals surface area contributed by atoms with Gasteiger partial charge in [-0.1, -0.05) is 19.9 Å². The van der Waals surface area contributed by atoms with Crippen molar-refractivity contribution in [3.05, 3.63) is 29.8 Å². The first-order valence-corrected chi connectivity index (χ1v) is 8.27. The number of carbonyl (C=O) groups is 1. The molecule has 0 bridgehead atoms. The molecule has 4 heteroatoms. The van der Waals surface area contributed by atoms with E-state index in [1.807, 2.05) is 36.2 Å². The molecule has 0 saturated carbocycles. The maximum absolute atomic E-state index is 12.6. The van der Waals surface area contributed by atoms with Crippen molar-refractivity contribution in [1.29, 1.82) is 0 Å².